The predicted molar refractivity (Wildman–Crippen MR) is 120 cm³/mol. The highest BCUT2D eigenvalue weighted by atomic mass is 19.4. The Morgan fingerprint density at radius 1 is 1.03 bits per heavy atom. The fraction of sp³-hybridized carbons (Fsp3) is 0.682. The molecule has 10 nitrogen and oxygen atoms in total. The van der Waals surface area contributed by atoms with Crippen LogP contribution in [0.3, 0.4) is 0 Å². The largest absolute Gasteiger partial charge is 0.453 e. The quantitative estimate of drug-likeness (QED) is 0.641. The number of carbonyl (C=O) groups is 2. The van der Waals surface area contributed by atoms with Gasteiger partial charge in [-0.25, -0.2) is 4.79 Å². The number of anilines is 1. The minimum Gasteiger partial charge on any atom is -0.449 e. The van der Waals surface area contributed by atoms with Gasteiger partial charge in [-0.1, -0.05) is 13.8 Å². The Labute approximate surface area is 201 Å². The molecule has 0 N–H and O–H groups in total. The number of carbonyl (C=O) groups excluding carboxylic acids is 2. The Balaban J connectivity index is 1.32. The number of piperidine rings is 1. The van der Waals surface area contributed by atoms with Gasteiger partial charge in [0.1, 0.15) is 5.82 Å². The molecule has 35 heavy (non-hydrogen) atoms. The lowest BCUT2D eigenvalue weighted by Gasteiger charge is -2.34. The third kappa shape index (κ3) is 5.76. The van der Waals surface area contributed by atoms with Crippen LogP contribution in [0.1, 0.15) is 38.9 Å². The molecule has 0 spiro atoms. The van der Waals surface area contributed by atoms with E-state index in [9.17, 15) is 22.8 Å². The fourth-order valence-electron chi connectivity index (χ4n) is 4.39. The van der Waals surface area contributed by atoms with Crippen molar-refractivity contribution in [3.8, 4) is 0 Å². The van der Waals surface area contributed by atoms with E-state index in [-0.39, 0.29) is 29.5 Å². The molecule has 4 rings (SSSR count). The van der Waals surface area contributed by atoms with Gasteiger partial charge < -0.3 is 19.4 Å². The number of alkyl halides is 3. The molecule has 0 unspecified atom stereocenters. The van der Waals surface area contributed by atoms with Gasteiger partial charge in [-0.3, -0.25) is 4.79 Å². The first-order chi connectivity index (χ1) is 16.6. The molecular formula is C22H30F3N7O3. The number of rotatable bonds is 4. The van der Waals surface area contributed by atoms with E-state index in [0.29, 0.717) is 75.5 Å². The number of fused-ring (bicyclic) bond motifs is 1. The summed E-state index contributed by atoms with van der Waals surface area (Å²) in [5, 5.41) is 10.8. The second kappa shape index (κ2) is 10.2. The van der Waals surface area contributed by atoms with E-state index >= 15 is 0 Å². The zero-order valence-electron chi connectivity index (χ0n) is 19.9. The number of halogens is 3. The summed E-state index contributed by atoms with van der Waals surface area (Å²) in [7, 11) is 0. The zero-order chi connectivity index (χ0) is 25.2. The van der Waals surface area contributed by atoms with Gasteiger partial charge in [-0.2, -0.15) is 17.7 Å². The van der Waals surface area contributed by atoms with Crippen LogP contribution in [0.5, 0.6) is 0 Å². The number of amides is 2. The molecule has 0 atom stereocenters. The summed E-state index contributed by atoms with van der Waals surface area (Å²) in [6.07, 6.45) is -3.16. The van der Waals surface area contributed by atoms with Gasteiger partial charge in [0.15, 0.2) is 5.65 Å². The molecule has 2 aliphatic rings. The summed E-state index contributed by atoms with van der Waals surface area (Å²) >= 11 is 0. The molecule has 192 valence electrons. The molecule has 2 aromatic rings. The second-order valence-corrected chi connectivity index (χ2v) is 9.38. The maximum atomic E-state index is 13.2. The monoisotopic (exact) mass is 497 g/mol. The van der Waals surface area contributed by atoms with Crippen molar-refractivity contribution in [2.24, 2.45) is 11.8 Å². The summed E-state index contributed by atoms with van der Waals surface area (Å²) in [4.78, 5) is 30.7. The first-order valence-corrected chi connectivity index (χ1v) is 11.9. The van der Waals surface area contributed by atoms with Crippen LogP contribution >= 0.6 is 0 Å². The zero-order valence-corrected chi connectivity index (χ0v) is 19.9. The number of nitrogens with zero attached hydrogens (tertiary/aromatic N) is 7. The molecule has 2 fully saturated rings. The lowest BCUT2D eigenvalue weighted by atomic mass is 9.95. The Morgan fingerprint density at radius 3 is 2.40 bits per heavy atom. The minimum absolute atomic E-state index is 0.0226. The predicted octanol–water partition coefficient (Wildman–Crippen LogP) is 2.69. The Kier molecular flexibility index (Phi) is 7.31. The Hall–Kier alpha value is -3.12. The van der Waals surface area contributed by atoms with Crippen molar-refractivity contribution in [1.29, 1.82) is 0 Å². The van der Waals surface area contributed by atoms with Crippen molar-refractivity contribution < 1.29 is 27.5 Å². The topological polar surface area (TPSA) is 96.2 Å². The highest BCUT2D eigenvalue weighted by molar-refractivity contribution is 5.79. The highest BCUT2D eigenvalue weighted by Gasteiger charge is 2.38. The Morgan fingerprint density at radius 2 is 1.71 bits per heavy atom. The first kappa shape index (κ1) is 25.0. The molecule has 0 saturated carbocycles. The van der Waals surface area contributed by atoms with Crippen molar-refractivity contribution >= 4 is 23.5 Å². The molecule has 0 aromatic carbocycles. The summed E-state index contributed by atoms with van der Waals surface area (Å²) in [5.74, 6) is -0.629. The van der Waals surface area contributed by atoms with Crippen molar-refractivity contribution in [2.45, 2.75) is 39.3 Å². The van der Waals surface area contributed by atoms with Gasteiger partial charge in [0.05, 0.1) is 6.61 Å². The second-order valence-electron chi connectivity index (χ2n) is 9.38. The molecule has 4 heterocycles. The standard InChI is InChI=1S/C22H30F3N7O3/c1-15(2)14-35-21(34)31-9-3-8-30(12-13-31)19(33)16-6-10-29(11-7-16)18-5-4-17-26-27-20(22(23,24)25)32(17)28-18/h4-5,15-16H,3,6-14H2,1-2H3. The Bertz CT molecular complexity index is 1050. The van der Waals surface area contributed by atoms with Crippen LogP contribution in [-0.2, 0) is 15.7 Å². The van der Waals surface area contributed by atoms with Crippen LogP contribution in [-0.4, -0.2) is 87.5 Å². The average Bonchev–Trinajstić information content (AvgIpc) is 3.11. The van der Waals surface area contributed by atoms with Crippen molar-refractivity contribution in [1.82, 2.24) is 29.6 Å². The molecule has 0 bridgehead atoms. The number of ether oxygens (including phenoxy) is 1. The smallest absolute Gasteiger partial charge is 0.449 e. The maximum Gasteiger partial charge on any atom is 0.453 e. The van der Waals surface area contributed by atoms with Gasteiger partial charge in [0, 0.05) is 45.2 Å². The molecule has 2 aliphatic heterocycles. The number of hydrogen-bond acceptors (Lipinski definition) is 7. The SMILES string of the molecule is CC(C)COC(=O)N1CCCN(C(=O)C2CCN(c3ccc4nnc(C(F)(F)F)n4n3)CC2)CC1. The molecule has 13 heteroatoms. The van der Waals surface area contributed by atoms with Crippen LogP contribution in [0.25, 0.3) is 5.65 Å². The van der Waals surface area contributed by atoms with Gasteiger partial charge in [-0.05, 0) is 37.3 Å². The fourth-order valence-corrected chi connectivity index (χ4v) is 4.39. The molecule has 2 saturated heterocycles. The van der Waals surface area contributed by atoms with Crippen LogP contribution in [0, 0.1) is 11.8 Å². The van der Waals surface area contributed by atoms with Gasteiger partial charge in [-0.15, -0.1) is 15.3 Å². The maximum absolute atomic E-state index is 13.2. The summed E-state index contributed by atoms with van der Waals surface area (Å²) in [6.45, 7) is 7.35. The minimum atomic E-state index is -4.65. The van der Waals surface area contributed by atoms with E-state index in [1.807, 2.05) is 23.6 Å². The van der Waals surface area contributed by atoms with E-state index in [4.69, 9.17) is 4.74 Å². The molecule has 2 amide bonds. The highest BCUT2D eigenvalue weighted by Crippen LogP contribution is 2.29. The number of aromatic nitrogens is 4. The van der Waals surface area contributed by atoms with Gasteiger partial charge in [0.2, 0.25) is 5.91 Å². The van der Waals surface area contributed by atoms with Crippen molar-refractivity contribution in [2.75, 3.05) is 50.8 Å². The van der Waals surface area contributed by atoms with Gasteiger partial charge >= 0.3 is 12.3 Å². The average molecular weight is 498 g/mol. The van der Waals surface area contributed by atoms with Crippen molar-refractivity contribution in [3.05, 3.63) is 18.0 Å². The van der Waals surface area contributed by atoms with Crippen molar-refractivity contribution in [3.63, 3.8) is 0 Å². The molecular weight excluding hydrogens is 467 g/mol. The van der Waals surface area contributed by atoms with E-state index in [1.54, 1.807) is 11.0 Å². The van der Waals surface area contributed by atoms with E-state index in [2.05, 4.69) is 15.3 Å². The van der Waals surface area contributed by atoms with Crippen LogP contribution in [0.4, 0.5) is 23.8 Å². The van der Waals surface area contributed by atoms with E-state index in [0.717, 1.165) is 0 Å². The summed E-state index contributed by atoms with van der Waals surface area (Å²) < 4.78 is 45.5. The summed E-state index contributed by atoms with van der Waals surface area (Å²) in [6, 6.07) is 3.07. The third-order valence-electron chi connectivity index (χ3n) is 6.28. The first-order valence-electron chi connectivity index (χ1n) is 11.9. The van der Waals surface area contributed by atoms with E-state index < -0.39 is 12.0 Å². The molecule has 0 aliphatic carbocycles. The molecule has 2 aromatic heterocycles. The van der Waals surface area contributed by atoms with Gasteiger partial charge in [0.25, 0.3) is 5.82 Å². The lowest BCUT2D eigenvalue weighted by Crippen LogP contribution is -2.44. The third-order valence-corrected chi connectivity index (χ3v) is 6.28. The van der Waals surface area contributed by atoms with Crippen LogP contribution in [0.15, 0.2) is 12.1 Å². The molecule has 0 radical (unpaired) electrons. The van der Waals surface area contributed by atoms with E-state index in [1.165, 1.54) is 6.07 Å². The summed E-state index contributed by atoms with van der Waals surface area (Å²) in [5.41, 5.74) is 0.0226. The van der Waals surface area contributed by atoms with Crippen LogP contribution in [0.2, 0.25) is 0 Å². The normalized spacial score (nSPS) is 18.3. The number of hydrogen-bond donors (Lipinski definition) is 0. The lowest BCUT2D eigenvalue weighted by molar-refractivity contribution is -0.146. The van der Waals surface area contributed by atoms with Crippen LogP contribution < -0.4 is 4.90 Å².